The quantitative estimate of drug-likeness (QED) is 0.561. The van der Waals surface area contributed by atoms with Crippen LogP contribution in [0.3, 0.4) is 0 Å². The number of thiazole rings is 1. The van der Waals surface area contributed by atoms with Crippen LogP contribution in [0, 0.1) is 0 Å². The van der Waals surface area contributed by atoms with E-state index in [1.165, 1.54) is 7.11 Å². The number of nitrogens with zero attached hydrogens (tertiary/aromatic N) is 1. The predicted molar refractivity (Wildman–Crippen MR) is 119 cm³/mol. The SMILES string of the molecule is COC(=O)Cc1sc(NS(=O)(=O)c2ccc(C(C)(C)C)cc2)nc1-c1ccccc1. The Labute approximate surface area is 181 Å². The summed E-state index contributed by atoms with van der Waals surface area (Å²) in [5.74, 6) is -0.414. The number of ether oxygens (including phenoxy) is 1. The van der Waals surface area contributed by atoms with E-state index in [9.17, 15) is 13.2 Å². The lowest BCUT2D eigenvalue weighted by atomic mass is 9.87. The second kappa shape index (κ2) is 8.57. The summed E-state index contributed by atoms with van der Waals surface area (Å²) in [6, 6.07) is 16.1. The van der Waals surface area contributed by atoms with E-state index in [4.69, 9.17) is 4.74 Å². The van der Waals surface area contributed by atoms with Gasteiger partial charge in [0.15, 0.2) is 5.13 Å². The summed E-state index contributed by atoms with van der Waals surface area (Å²) in [6.45, 7) is 6.20. The highest BCUT2D eigenvalue weighted by Crippen LogP contribution is 2.33. The van der Waals surface area contributed by atoms with E-state index in [1.54, 1.807) is 12.1 Å². The van der Waals surface area contributed by atoms with Crippen molar-refractivity contribution in [3.63, 3.8) is 0 Å². The summed E-state index contributed by atoms with van der Waals surface area (Å²) in [5, 5.41) is 0.202. The van der Waals surface area contributed by atoms with Crippen molar-refractivity contribution in [1.82, 2.24) is 4.98 Å². The highest BCUT2D eigenvalue weighted by molar-refractivity contribution is 7.93. The normalized spacial score (nSPS) is 11.9. The molecule has 1 aromatic heterocycles. The second-order valence-electron chi connectivity index (χ2n) is 7.79. The number of hydrogen-bond acceptors (Lipinski definition) is 6. The molecule has 0 radical (unpaired) electrons. The number of anilines is 1. The molecule has 0 spiro atoms. The molecular weight excluding hydrogens is 420 g/mol. The topological polar surface area (TPSA) is 85.4 Å². The van der Waals surface area contributed by atoms with Crippen LogP contribution in [0.5, 0.6) is 0 Å². The number of esters is 1. The lowest BCUT2D eigenvalue weighted by Gasteiger charge is -2.19. The van der Waals surface area contributed by atoms with Crippen molar-refractivity contribution in [2.24, 2.45) is 0 Å². The Kier molecular flexibility index (Phi) is 6.28. The lowest BCUT2D eigenvalue weighted by Crippen LogP contribution is -2.14. The zero-order valence-electron chi connectivity index (χ0n) is 17.3. The van der Waals surface area contributed by atoms with Crippen molar-refractivity contribution >= 4 is 32.5 Å². The van der Waals surface area contributed by atoms with Gasteiger partial charge in [-0.1, -0.05) is 74.6 Å². The fourth-order valence-electron chi connectivity index (χ4n) is 2.85. The van der Waals surface area contributed by atoms with Gasteiger partial charge in [-0.15, -0.1) is 0 Å². The molecule has 0 saturated carbocycles. The van der Waals surface area contributed by atoms with Gasteiger partial charge in [-0.2, -0.15) is 0 Å². The summed E-state index contributed by atoms with van der Waals surface area (Å²) in [7, 11) is -2.50. The van der Waals surface area contributed by atoms with Gasteiger partial charge in [-0.05, 0) is 23.1 Å². The Balaban J connectivity index is 1.93. The molecule has 8 heteroatoms. The molecule has 0 amide bonds. The molecule has 0 fully saturated rings. The van der Waals surface area contributed by atoms with Crippen LogP contribution in [0.4, 0.5) is 5.13 Å². The van der Waals surface area contributed by atoms with E-state index in [2.05, 4.69) is 30.5 Å². The molecule has 6 nitrogen and oxygen atoms in total. The third-order valence-electron chi connectivity index (χ3n) is 4.53. The maximum atomic E-state index is 12.9. The first-order valence-electron chi connectivity index (χ1n) is 9.35. The molecule has 0 unspecified atom stereocenters. The molecule has 0 aliphatic rings. The molecule has 2 aromatic carbocycles. The van der Waals surface area contributed by atoms with Crippen LogP contribution < -0.4 is 4.72 Å². The molecule has 0 bridgehead atoms. The van der Waals surface area contributed by atoms with Crippen LogP contribution in [0.15, 0.2) is 59.5 Å². The van der Waals surface area contributed by atoms with Gasteiger partial charge in [0.25, 0.3) is 10.0 Å². The number of aromatic nitrogens is 1. The van der Waals surface area contributed by atoms with Gasteiger partial charge in [0, 0.05) is 10.4 Å². The molecule has 1 N–H and O–H groups in total. The van der Waals surface area contributed by atoms with Crippen molar-refractivity contribution in [2.75, 3.05) is 11.8 Å². The molecule has 30 heavy (non-hydrogen) atoms. The van der Waals surface area contributed by atoms with Crippen LogP contribution in [0.1, 0.15) is 31.2 Å². The van der Waals surface area contributed by atoms with Gasteiger partial charge in [0.1, 0.15) is 0 Å². The van der Waals surface area contributed by atoms with Crippen molar-refractivity contribution in [3.8, 4) is 11.3 Å². The van der Waals surface area contributed by atoms with E-state index in [0.717, 1.165) is 22.5 Å². The number of hydrogen-bond donors (Lipinski definition) is 1. The monoisotopic (exact) mass is 444 g/mol. The first-order chi connectivity index (χ1) is 14.1. The molecule has 1 heterocycles. The molecule has 0 saturated heterocycles. The van der Waals surface area contributed by atoms with Crippen LogP contribution in [-0.2, 0) is 31.4 Å². The molecule has 3 rings (SSSR count). The van der Waals surface area contributed by atoms with Crippen molar-refractivity contribution in [2.45, 2.75) is 37.5 Å². The number of rotatable bonds is 6. The maximum absolute atomic E-state index is 12.9. The Bertz CT molecular complexity index is 1130. The zero-order valence-corrected chi connectivity index (χ0v) is 18.9. The summed E-state index contributed by atoms with van der Waals surface area (Å²) >= 11 is 1.12. The van der Waals surface area contributed by atoms with Crippen molar-refractivity contribution < 1.29 is 17.9 Å². The number of sulfonamides is 1. The number of carbonyl (C=O) groups excluding carboxylic acids is 1. The zero-order chi connectivity index (χ0) is 21.9. The molecule has 0 aliphatic carbocycles. The van der Waals surface area contributed by atoms with E-state index in [-0.39, 0.29) is 21.9 Å². The van der Waals surface area contributed by atoms with Gasteiger partial charge >= 0.3 is 5.97 Å². The standard InChI is InChI=1S/C22H24N2O4S2/c1-22(2,3)16-10-12-17(13-11-16)30(26,27)24-21-23-20(15-8-6-5-7-9-15)18(29-21)14-19(25)28-4/h5-13H,14H2,1-4H3,(H,23,24). The summed E-state index contributed by atoms with van der Waals surface area (Å²) in [5.41, 5.74) is 2.33. The summed E-state index contributed by atoms with van der Waals surface area (Å²) in [6.07, 6.45) is 0.0143. The minimum absolute atomic E-state index is 0.0143. The van der Waals surface area contributed by atoms with E-state index >= 15 is 0 Å². The van der Waals surface area contributed by atoms with Gasteiger partial charge in [-0.25, -0.2) is 13.4 Å². The Morgan fingerprint density at radius 3 is 2.27 bits per heavy atom. The minimum Gasteiger partial charge on any atom is -0.469 e. The first kappa shape index (κ1) is 22.0. The van der Waals surface area contributed by atoms with Crippen molar-refractivity contribution in [1.29, 1.82) is 0 Å². The third kappa shape index (κ3) is 5.06. The highest BCUT2D eigenvalue weighted by atomic mass is 32.2. The Morgan fingerprint density at radius 2 is 1.70 bits per heavy atom. The largest absolute Gasteiger partial charge is 0.469 e. The van der Waals surface area contributed by atoms with Crippen molar-refractivity contribution in [3.05, 3.63) is 65.0 Å². The lowest BCUT2D eigenvalue weighted by molar-refractivity contribution is -0.139. The fourth-order valence-corrected chi connectivity index (χ4v) is 5.05. The van der Waals surface area contributed by atoms with Crippen LogP contribution in [0.2, 0.25) is 0 Å². The molecule has 0 aliphatic heterocycles. The van der Waals surface area contributed by atoms with E-state index in [1.807, 2.05) is 42.5 Å². The van der Waals surface area contributed by atoms with Gasteiger partial charge in [0.05, 0.1) is 24.1 Å². The van der Waals surface area contributed by atoms with Gasteiger partial charge < -0.3 is 4.74 Å². The Hall–Kier alpha value is -2.71. The summed E-state index contributed by atoms with van der Waals surface area (Å²) in [4.78, 5) is 17.1. The average molecular weight is 445 g/mol. The van der Waals surface area contributed by atoms with Crippen LogP contribution >= 0.6 is 11.3 Å². The predicted octanol–water partition coefficient (Wildman–Crippen LogP) is 4.62. The minimum atomic E-state index is -3.81. The number of carbonyl (C=O) groups is 1. The number of benzene rings is 2. The highest BCUT2D eigenvalue weighted by Gasteiger charge is 2.22. The number of nitrogens with one attached hydrogen (secondary N) is 1. The van der Waals surface area contributed by atoms with Gasteiger partial charge in [0.2, 0.25) is 0 Å². The van der Waals surface area contributed by atoms with Crippen LogP contribution in [0.25, 0.3) is 11.3 Å². The van der Waals surface area contributed by atoms with Crippen LogP contribution in [-0.4, -0.2) is 26.5 Å². The maximum Gasteiger partial charge on any atom is 0.310 e. The second-order valence-corrected chi connectivity index (χ2v) is 10.6. The third-order valence-corrected chi connectivity index (χ3v) is 6.98. The summed E-state index contributed by atoms with van der Waals surface area (Å²) < 4.78 is 33.0. The average Bonchev–Trinajstić information content (AvgIpc) is 3.09. The van der Waals surface area contributed by atoms with E-state index in [0.29, 0.717) is 10.6 Å². The number of methoxy groups -OCH3 is 1. The Morgan fingerprint density at radius 1 is 1.07 bits per heavy atom. The smallest absolute Gasteiger partial charge is 0.310 e. The molecular formula is C22H24N2O4S2. The van der Waals surface area contributed by atoms with E-state index < -0.39 is 16.0 Å². The molecule has 3 aromatic rings. The first-order valence-corrected chi connectivity index (χ1v) is 11.7. The van der Waals surface area contributed by atoms with Gasteiger partial charge in [-0.3, -0.25) is 9.52 Å². The molecule has 158 valence electrons. The molecule has 0 atom stereocenters. The fraction of sp³-hybridized carbons (Fsp3) is 0.273.